The minimum atomic E-state index is -0.542. The van der Waals surface area contributed by atoms with Crippen LogP contribution in [0.25, 0.3) is 0 Å². The van der Waals surface area contributed by atoms with Crippen molar-refractivity contribution >= 4 is 23.6 Å². The van der Waals surface area contributed by atoms with Gasteiger partial charge in [-0.15, -0.1) is 0 Å². The van der Waals surface area contributed by atoms with Gasteiger partial charge in [0.15, 0.2) is 0 Å². The lowest BCUT2D eigenvalue weighted by Gasteiger charge is -2.23. The van der Waals surface area contributed by atoms with Gasteiger partial charge in [0.1, 0.15) is 10.8 Å². The van der Waals surface area contributed by atoms with Gasteiger partial charge in [0, 0.05) is 32.8 Å². The van der Waals surface area contributed by atoms with Crippen LogP contribution >= 0.6 is 11.6 Å². The van der Waals surface area contributed by atoms with Gasteiger partial charge in [-0.05, 0) is 32.4 Å². The molecule has 0 aliphatic rings. The summed E-state index contributed by atoms with van der Waals surface area (Å²) >= 11 is 5.73. The highest BCUT2D eigenvalue weighted by atomic mass is 35.5. The zero-order valence-corrected chi connectivity index (χ0v) is 14.1. The van der Waals surface area contributed by atoms with E-state index in [9.17, 15) is 9.59 Å². The van der Waals surface area contributed by atoms with Crippen LogP contribution in [0.2, 0.25) is 5.15 Å². The molecule has 0 atom stereocenters. The maximum absolute atomic E-state index is 11.7. The zero-order valence-electron chi connectivity index (χ0n) is 13.4. The Morgan fingerprint density at radius 3 is 2.55 bits per heavy atom. The van der Waals surface area contributed by atoms with Gasteiger partial charge in [0.25, 0.3) is 0 Å². The number of nitrogens with zero attached hydrogens (tertiary/aromatic N) is 2. The normalized spacial score (nSPS) is 11.0. The molecule has 0 saturated carbocycles. The van der Waals surface area contributed by atoms with Gasteiger partial charge in [-0.2, -0.15) is 0 Å². The monoisotopic (exact) mass is 327 g/mol. The van der Waals surface area contributed by atoms with Crippen LogP contribution in [0.5, 0.6) is 0 Å². The average Bonchev–Trinajstić information content (AvgIpc) is 2.37. The van der Waals surface area contributed by atoms with E-state index in [1.54, 1.807) is 37.9 Å². The molecule has 0 radical (unpaired) electrons. The maximum Gasteiger partial charge on any atom is 0.407 e. The number of carbonyl (C=O) groups is 2. The van der Waals surface area contributed by atoms with Crippen molar-refractivity contribution in [2.75, 3.05) is 13.1 Å². The fraction of sp³-hybridized carbons (Fsp3) is 0.533. The molecule has 0 saturated heterocycles. The average molecular weight is 328 g/mol. The second-order valence-corrected chi connectivity index (χ2v) is 6.25. The van der Waals surface area contributed by atoms with Gasteiger partial charge in [0.2, 0.25) is 5.91 Å². The van der Waals surface area contributed by atoms with E-state index in [4.69, 9.17) is 16.3 Å². The number of nitrogens with one attached hydrogen (secondary N) is 1. The Kier molecular flexibility index (Phi) is 6.61. The summed E-state index contributed by atoms with van der Waals surface area (Å²) in [7, 11) is 0. The molecule has 122 valence electrons. The van der Waals surface area contributed by atoms with Crippen molar-refractivity contribution in [1.82, 2.24) is 15.2 Å². The Morgan fingerprint density at radius 1 is 1.36 bits per heavy atom. The molecule has 22 heavy (non-hydrogen) atoms. The Hall–Kier alpha value is -1.82. The van der Waals surface area contributed by atoms with E-state index >= 15 is 0 Å². The van der Waals surface area contributed by atoms with Crippen molar-refractivity contribution < 1.29 is 14.3 Å². The minimum absolute atomic E-state index is 0.0825. The number of carbonyl (C=O) groups excluding carboxylic acids is 2. The van der Waals surface area contributed by atoms with Crippen LogP contribution in [0.1, 0.15) is 33.3 Å². The van der Waals surface area contributed by atoms with Crippen molar-refractivity contribution in [3.63, 3.8) is 0 Å². The molecule has 0 aliphatic heterocycles. The first kappa shape index (κ1) is 18.2. The quantitative estimate of drug-likeness (QED) is 0.844. The first-order valence-electron chi connectivity index (χ1n) is 7.00. The molecular formula is C15H22ClN3O3. The van der Waals surface area contributed by atoms with Crippen LogP contribution in [0.15, 0.2) is 18.3 Å². The van der Waals surface area contributed by atoms with E-state index in [1.807, 2.05) is 6.07 Å². The van der Waals surface area contributed by atoms with Gasteiger partial charge in [0.05, 0.1) is 0 Å². The lowest BCUT2D eigenvalue weighted by atomic mass is 10.2. The Labute approximate surface area is 135 Å². The van der Waals surface area contributed by atoms with Crippen LogP contribution in [0, 0.1) is 0 Å². The first-order chi connectivity index (χ1) is 10.2. The maximum atomic E-state index is 11.7. The highest BCUT2D eigenvalue weighted by molar-refractivity contribution is 6.29. The van der Waals surface area contributed by atoms with Crippen molar-refractivity contribution in [3.05, 3.63) is 29.0 Å². The van der Waals surface area contributed by atoms with Gasteiger partial charge >= 0.3 is 6.09 Å². The summed E-state index contributed by atoms with van der Waals surface area (Å²) in [6, 6.07) is 3.49. The molecular weight excluding hydrogens is 306 g/mol. The number of hydrogen-bond donors (Lipinski definition) is 1. The molecule has 2 amide bonds. The number of aromatic nitrogens is 1. The zero-order chi connectivity index (χ0) is 16.8. The summed E-state index contributed by atoms with van der Waals surface area (Å²) in [4.78, 5) is 28.8. The predicted octanol–water partition coefficient (Wildman–Crippen LogP) is 2.61. The number of pyridine rings is 1. The van der Waals surface area contributed by atoms with Crippen molar-refractivity contribution in [2.45, 2.75) is 39.8 Å². The largest absolute Gasteiger partial charge is 0.444 e. The number of ether oxygens (including phenoxy) is 1. The molecule has 1 rings (SSSR count). The summed E-state index contributed by atoms with van der Waals surface area (Å²) in [5, 5.41) is 3.03. The lowest BCUT2D eigenvalue weighted by Crippen LogP contribution is -2.39. The van der Waals surface area contributed by atoms with Gasteiger partial charge in [-0.25, -0.2) is 9.78 Å². The van der Waals surface area contributed by atoms with Gasteiger partial charge < -0.3 is 15.0 Å². The second kappa shape index (κ2) is 7.98. The van der Waals surface area contributed by atoms with Crippen LogP contribution in [0.3, 0.4) is 0 Å². The predicted molar refractivity (Wildman–Crippen MR) is 84.6 cm³/mol. The van der Waals surface area contributed by atoms with Crippen LogP contribution in [-0.2, 0) is 16.1 Å². The Balaban J connectivity index is 2.46. The third kappa shape index (κ3) is 7.26. The van der Waals surface area contributed by atoms with E-state index in [-0.39, 0.29) is 5.91 Å². The Morgan fingerprint density at radius 2 is 2.05 bits per heavy atom. The number of alkyl carbamates (subject to hydrolysis) is 1. The fourth-order valence-electron chi connectivity index (χ4n) is 1.68. The van der Waals surface area contributed by atoms with Crippen molar-refractivity contribution in [3.8, 4) is 0 Å². The number of hydrogen-bond acceptors (Lipinski definition) is 4. The fourth-order valence-corrected chi connectivity index (χ4v) is 1.79. The summed E-state index contributed by atoms with van der Waals surface area (Å²) in [6.07, 6.45) is 1.13. The highest BCUT2D eigenvalue weighted by Gasteiger charge is 2.16. The summed E-state index contributed by atoms with van der Waals surface area (Å²) in [5.74, 6) is -0.0825. The summed E-state index contributed by atoms with van der Waals surface area (Å²) < 4.78 is 5.13. The third-order valence-corrected chi connectivity index (χ3v) is 2.88. The number of amides is 2. The molecule has 0 spiro atoms. The molecule has 1 heterocycles. The van der Waals surface area contributed by atoms with Crippen molar-refractivity contribution in [1.29, 1.82) is 0 Å². The smallest absolute Gasteiger partial charge is 0.407 e. The lowest BCUT2D eigenvalue weighted by molar-refractivity contribution is -0.129. The molecule has 7 heteroatoms. The third-order valence-electron chi connectivity index (χ3n) is 2.66. The number of halogens is 1. The summed E-state index contributed by atoms with van der Waals surface area (Å²) in [6.45, 7) is 7.98. The molecule has 0 fully saturated rings. The molecule has 0 aliphatic carbocycles. The van der Waals surface area contributed by atoms with Crippen molar-refractivity contribution in [2.24, 2.45) is 0 Å². The number of rotatable bonds is 5. The Bertz CT molecular complexity index is 512. The first-order valence-corrected chi connectivity index (χ1v) is 7.38. The molecule has 0 bridgehead atoms. The van der Waals surface area contributed by atoms with E-state index in [0.717, 1.165) is 5.56 Å². The van der Waals surface area contributed by atoms with E-state index < -0.39 is 11.7 Å². The van der Waals surface area contributed by atoms with Gasteiger partial charge in [-0.3, -0.25) is 4.79 Å². The molecule has 0 unspecified atom stereocenters. The SMILES string of the molecule is CC(=O)N(CCNC(=O)OC(C)(C)C)Cc1ccc(Cl)nc1. The molecule has 0 aromatic carbocycles. The topological polar surface area (TPSA) is 71.5 Å². The van der Waals surface area contributed by atoms with Crippen LogP contribution in [0.4, 0.5) is 4.79 Å². The highest BCUT2D eigenvalue weighted by Crippen LogP contribution is 2.08. The molecule has 6 nitrogen and oxygen atoms in total. The van der Waals surface area contributed by atoms with Crippen LogP contribution < -0.4 is 5.32 Å². The molecule has 1 aromatic rings. The molecule has 1 aromatic heterocycles. The van der Waals surface area contributed by atoms with E-state index in [2.05, 4.69) is 10.3 Å². The standard InChI is InChI=1S/C15H22ClN3O3/c1-11(20)19(10-12-5-6-13(16)18-9-12)8-7-17-14(21)22-15(2,3)4/h5-6,9H,7-8,10H2,1-4H3,(H,17,21). The second-order valence-electron chi connectivity index (χ2n) is 5.86. The van der Waals surface area contributed by atoms with Gasteiger partial charge in [-0.1, -0.05) is 17.7 Å². The minimum Gasteiger partial charge on any atom is -0.444 e. The summed E-state index contributed by atoms with van der Waals surface area (Å²) in [5.41, 5.74) is 0.330. The van der Waals surface area contributed by atoms with E-state index in [1.165, 1.54) is 6.92 Å². The van der Waals surface area contributed by atoms with Crippen LogP contribution in [-0.4, -0.2) is 40.6 Å². The van der Waals surface area contributed by atoms with E-state index in [0.29, 0.717) is 24.8 Å². The molecule has 1 N–H and O–H groups in total.